The Kier molecular flexibility index (Phi) is 3.19. The molecule has 1 rings (SSSR count). The minimum absolute atomic E-state index is 0.340. The van der Waals surface area contributed by atoms with E-state index >= 15 is 0 Å². The van der Waals surface area contributed by atoms with Crippen molar-refractivity contribution >= 4 is 22.9 Å². The van der Waals surface area contributed by atoms with E-state index in [2.05, 4.69) is 9.72 Å². The highest BCUT2D eigenvalue weighted by Gasteiger charge is 2.13. The maximum Gasteiger partial charge on any atom is 0.339 e. The molecule has 13 heavy (non-hydrogen) atoms. The number of hydrogen-bond donors (Lipinski definition) is 0. The summed E-state index contributed by atoms with van der Waals surface area (Å²) in [5.74, 6) is -0.340. The lowest BCUT2D eigenvalue weighted by molar-refractivity contribution is -0.133. The Balaban J connectivity index is 2.99. The van der Waals surface area contributed by atoms with E-state index in [1.54, 1.807) is 13.0 Å². The van der Waals surface area contributed by atoms with Crippen LogP contribution in [0.2, 0.25) is 0 Å². The number of allylic oxidation sites excluding steroid dienone is 1. The Morgan fingerprint density at radius 2 is 2.38 bits per heavy atom. The average molecular weight is 197 g/mol. The fourth-order valence-electron chi connectivity index (χ4n) is 0.967. The molecule has 0 aliphatic carbocycles. The van der Waals surface area contributed by atoms with Gasteiger partial charge in [-0.1, -0.05) is 6.08 Å². The topological polar surface area (TPSA) is 39.2 Å². The summed E-state index contributed by atoms with van der Waals surface area (Å²) in [7, 11) is 1.37. The number of esters is 1. The van der Waals surface area contributed by atoms with Crippen LogP contribution in [0.4, 0.5) is 0 Å². The molecule has 0 spiro atoms. The standard InChI is InChI=1S/C9H11NO2S/c1-4-7(9(11)12-3)8-5-13-6(2)10-8/h4-5H,1-3H3/b7-4-. The van der Waals surface area contributed by atoms with Crippen molar-refractivity contribution in [1.82, 2.24) is 4.98 Å². The molecule has 70 valence electrons. The van der Waals surface area contributed by atoms with Crippen molar-refractivity contribution in [2.24, 2.45) is 0 Å². The second kappa shape index (κ2) is 4.18. The van der Waals surface area contributed by atoms with Crippen molar-refractivity contribution in [2.45, 2.75) is 13.8 Å². The van der Waals surface area contributed by atoms with Gasteiger partial charge in [0.05, 0.1) is 23.4 Å². The number of nitrogens with zero attached hydrogens (tertiary/aromatic N) is 1. The van der Waals surface area contributed by atoms with Crippen molar-refractivity contribution in [1.29, 1.82) is 0 Å². The number of ether oxygens (including phenoxy) is 1. The first-order valence-corrected chi connectivity index (χ1v) is 4.74. The molecule has 0 atom stereocenters. The lowest BCUT2D eigenvalue weighted by atomic mass is 10.2. The Hall–Kier alpha value is -1.16. The van der Waals surface area contributed by atoms with Gasteiger partial charge in [-0.25, -0.2) is 9.78 Å². The number of aryl methyl sites for hydroxylation is 1. The predicted octanol–water partition coefficient (Wildman–Crippen LogP) is 2.03. The Bertz CT molecular complexity index is 341. The minimum Gasteiger partial charge on any atom is -0.465 e. The van der Waals surface area contributed by atoms with Gasteiger partial charge in [-0.2, -0.15) is 0 Å². The molecule has 0 amide bonds. The summed E-state index contributed by atoms with van der Waals surface area (Å²) < 4.78 is 4.62. The van der Waals surface area contributed by atoms with Gasteiger partial charge < -0.3 is 4.74 Å². The molecule has 0 saturated carbocycles. The van der Waals surface area contributed by atoms with Gasteiger partial charge in [-0.05, 0) is 13.8 Å². The van der Waals surface area contributed by atoms with E-state index in [-0.39, 0.29) is 5.97 Å². The third-order valence-electron chi connectivity index (χ3n) is 1.59. The van der Waals surface area contributed by atoms with Crippen molar-refractivity contribution in [3.05, 3.63) is 22.2 Å². The number of carbonyl (C=O) groups excluding carboxylic acids is 1. The first kappa shape index (κ1) is 9.92. The predicted molar refractivity (Wildman–Crippen MR) is 52.5 cm³/mol. The van der Waals surface area contributed by atoms with Crippen molar-refractivity contribution in [2.75, 3.05) is 7.11 Å². The zero-order valence-corrected chi connectivity index (χ0v) is 8.64. The van der Waals surface area contributed by atoms with Crippen LogP contribution >= 0.6 is 11.3 Å². The highest BCUT2D eigenvalue weighted by Crippen LogP contribution is 2.18. The number of thiazole rings is 1. The Morgan fingerprint density at radius 1 is 1.69 bits per heavy atom. The summed E-state index contributed by atoms with van der Waals surface area (Å²) in [5.41, 5.74) is 1.21. The van der Waals surface area contributed by atoms with E-state index in [0.717, 1.165) is 5.01 Å². The van der Waals surface area contributed by atoms with Gasteiger partial charge in [-0.15, -0.1) is 11.3 Å². The number of rotatable bonds is 2. The third-order valence-corrected chi connectivity index (χ3v) is 2.36. The van der Waals surface area contributed by atoms with Crippen molar-refractivity contribution in [3.8, 4) is 0 Å². The monoisotopic (exact) mass is 197 g/mol. The lowest BCUT2D eigenvalue weighted by Gasteiger charge is -1.99. The minimum atomic E-state index is -0.340. The maximum atomic E-state index is 11.2. The normalized spacial score (nSPS) is 11.5. The van der Waals surface area contributed by atoms with Crippen LogP contribution in [0.25, 0.3) is 5.57 Å². The van der Waals surface area contributed by atoms with Crippen LogP contribution in [0.5, 0.6) is 0 Å². The largest absolute Gasteiger partial charge is 0.465 e. The number of methoxy groups -OCH3 is 1. The number of hydrogen-bond acceptors (Lipinski definition) is 4. The molecule has 0 radical (unpaired) electrons. The van der Waals surface area contributed by atoms with E-state index < -0.39 is 0 Å². The molecule has 4 heteroatoms. The maximum absolute atomic E-state index is 11.2. The zero-order chi connectivity index (χ0) is 9.84. The van der Waals surface area contributed by atoms with E-state index in [1.165, 1.54) is 18.4 Å². The summed E-state index contributed by atoms with van der Waals surface area (Å²) >= 11 is 1.52. The first-order chi connectivity index (χ1) is 6.19. The molecule has 0 unspecified atom stereocenters. The number of aromatic nitrogens is 1. The molecule has 1 heterocycles. The highest BCUT2D eigenvalue weighted by molar-refractivity contribution is 7.09. The first-order valence-electron chi connectivity index (χ1n) is 3.86. The summed E-state index contributed by atoms with van der Waals surface area (Å²) in [4.78, 5) is 15.4. The highest BCUT2D eigenvalue weighted by atomic mass is 32.1. The van der Waals surface area contributed by atoms with Gasteiger partial charge in [0.2, 0.25) is 0 Å². The molecule has 0 aliphatic heterocycles. The van der Waals surface area contributed by atoms with E-state index in [9.17, 15) is 4.79 Å². The van der Waals surface area contributed by atoms with Gasteiger partial charge >= 0.3 is 5.97 Å². The van der Waals surface area contributed by atoms with E-state index in [4.69, 9.17) is 0 Å². The van der Waals surface area contributed by atoms with Crippen LogP contribution in [-0.2, 0) is 9.53 Å². The molecule has 0 aromatic carbocycles. The smallest absolute Gasteiger partial charge is 0.339 e. The Labute approximate surface area is 81.1 Å². The molecule has 0 aliphatic rings. The molecular weight excluding hydrogens is 186 g/mol. The van der Waals surface area contributed by atoms with Crippen molar-refractivity contribution < 1.29 is 9.53 Å². The number of carbonyl (C=O) groups is 1. The van der Waals surface area contributed by atoms with E-state index in [1.807, 2.05) is 12.3 Å². The summed E-state index contributed by atoms with van der Waals surface area (Å²) in [6, 6.07) is 0. The average Bonchev–Trinajstić information content (AvgIpc) is 2.53. The van der Waals surface area contributed by atoms with Crippen LogP contribution in [-0.4, -0.2) is 18.1 Å². The third kappa shape index (κ3) is 2.15. The zero-order valence-electron chi connectivity index (χ0n) is 7.83. The summed E-state index contributed by atoms with van der Waals surface area (Å²) in [6.07, 6.45) is 1.71. The second-order valence-electron chi connectivity index (χ2n) is 2.45. The van der Waals surface area contributed by atoms with E-state index in [0.29, 0.717) is 11.3 Å². The summed E-state index contributed by atoms with van der Waals surface area (Å²) in [5, 5.41) is 2.79. The Morgan fingerprint density at radius 3 is 2.77 bits per heavy atom. The molecule has 0 bridgehead atoms. The molecular formula is C9H11NO2S. The van der Waals surface area contributed by atoms with Gasteiger partial charge in [0.15, 0.2) is 0 Å². The van der Waals surface area contributed by atoms with Gasteiger partial charge in [0.1, 0.15) is 0 Å². The van der Waals surface area contributed by atoms with Crippen LogP contribution in [0.15, 0.2) is 11.5 Å². The van der Waals surface area contributed by atoms with Crippen LogP contribution < -0.4 is 0 Å². The molecule has 0 saturated heterocycles. The van der Waals surface area contributed by atoms with Gasteiger partial charge in [0, 0.05) is 5.38 Å². The van der Waals surface area contributed by atoms with Gasteiger partial charge in [0.25, 0.3) is 0 Å². The fourth-order valence-corrected chi connectivity index (χ4v) is 1.58. The quantitative estimate of drug-likeness (QED) is 0.538. The molecule has 3 nitrogen and oxygen atoms in total. The molecule has 1 aromatic heterocycles. The van der Waals surface area contributed by atoms with Crippen LogP contribution in [0.1, 0.15) is 17.6 Å². The molecule has 1 aromatic rings. The van der Waals surface area contributed by atoms with Crippen LogP contribution in [0, 0.1) is 6.92 Å². The lowest BCUT2D eigenvalue weighted by Crippen LogP contribution is -2.03. The van der Waals surface area contributed by atoms with Gasteiger partial charge in [-0.3, -0.25) is 0 Å². The molecule has 0 N–H and O–H groups in total. The fraction of sp³-hybridized carbons (Fsp3) is 0.333. The van der Waals surface area contributed by atoms with Crippen molar-refractivity contribution in [3.63, 3.8) is 0 Å². The SMILES string of the molecule is C/C=C(\C(=O)OC)c1csc(C)n1. The van der Waals surface area contributed by atoms with Crippen LogP contribution in [0.3, 0.4) is 0 Å². The second-order valence-corrected chi connectivity index (χ2v) is 3.51. The summed E-state index contributed by atoms with van der Waals surface area (Å²) in [6.45, 7) is 3.69. The molecule has 0 fully saturated rings.